The third kappa shape index (κ3) is 2.69. The predicted octanol–water partition coefficient (Wildman–Crippen LogP) is -2.42. The third-order valence-electron chi connectivity index (χ3n) is 2.49. The first-order chi connectivity index (χ1) is 7.51. The molecule has 0 radical (unpaired) electrons. The molecular weight excluding hydrogens is 218 g/mol. The molecule has 5 unspecified atom stereocenters. The fourth-order valence-corrected chi connectivity index (χ4v) is 1.69. The van der Waals surface area contributed by atoms with Gasteiger partial charge >= 0.3 is 0 Å². The Morgan fingerprint density at radius 3 is 2.50 bits per heavy atom. The van der Waals surface area contributed by atoms with Crippen LogP contribution in [0.1, 0.15) is 6.92 Å². The number of rotatable bonds is 3. The van der Waals surface area contributed by atoms with E-state index in [9.17, 15) is 15.0 Å². The van der Waals surface area contributed by atoms with Crippen molar-refractivity contribution in [3.63, 3.8) is 0 Å². The molecule has 0 aromatic heterocycles. The first-order valence-electron chi connectivity index (χ1n) is 4.93. The van der Waals surface area contributed by atoms with Gasteiger partial charge in [-0.15, -0.1) is 0 Å². The van der Waals surface area contributed by atoms with Gasteiger partial charge in [0.05, 0.1) is 12.6 Å². The molecule has 7 nitrogen and oxygen atoms in total. The van der Waals surface area contributed by atoms with Crippen LogP contribution in [-0.4, -0.2) is 65.6 Å². The summed E-state index contributed by atoms with van der Waals surface area (Å²) in [6, 6.07) is -0.923. The summed E-state index contributed by atoms with van der Waals surface area (Å²) in [7, 11) is 1.32. The minimum atomic E-state index is -1.19. The molecule has 0 spiro atoms. The monoisotopic (exact) mass is 235 g/mol. The summed E-state index contributed by atoms with van der Waals surface area (Å²) >= 11 is 0. The molecule has 0 aliphatic carbocycles. The van der Waals surface area contributed by atoms with Crippen molar-refractivity contribution in [2.45, 2.75) is 37.6 Å². The number of nitrogens with one attached hydrogen (secondary N) is 1. The SMILES string of the molecule is COC1OC(CO)C(O)C(NC(C)=O)C1O. The first kappa shape index (κ1) is 13.3. The summed E-state index contributed by atoms with van der Waals surface area (Å²) in [6.07, 6.45) is -4.26. The number of hydrogen-bond acceptors (Lipinski definition) is 6. The smallest absolute Gasteiger partial charge is 0.217 e. The number of amides is 1. The molecular formula is C9H17NO6. The molecule has 7 heteroatoms. The van der Waals surface area contributed by atoms with Crippen LogP contribution in [0.15, 0.2) is 0 Å². The fraction of sp³-hybridized carbons (Fsp3) is 0.889. The average Bonchev–Trinajstić information content (AvgIpc) is 2.24. The molecule has 94 valence electrons. The molecule has 0 aromatic carbocycles. The van der Waals surface area contributed by atoms with Gasteiger partial charge in [-0.1, -0.05) is 0 Å². The van der Waals surface area contributed by atoms with E-state index in [1.807, 2.05) is 0 Å². The van der Waals surface area contributed by atoms with Crippen molar-refractivity contribution >= 4 is 5.91 Å². The van der Waals surface area contributed by atoms with Crippen LogP contribution >= 0.6 is 0 Å². The highest BCUT2D eigenvalue weighted by atomic mass is 16.7. The van der Waals surface area contributed by atoms with Gasteiger partial charge in [-0.05, 0) is 0 Å². The lowest BCUT2D eigenvalue weighted by Crippen LogP contribution is -2.64. The lowest BCUT2D eigenvalue weighted by Gasteiger charge is -2.41. The lowest BCUT2D eigenvalue weighted by atomic mass is 9.96. The van der Waals surface area contributed by atoms with Crippen molar-refractivity contribution in [1.82, 2.24) is 5.32 Å². The molecule has 5 atom stereocenters. The Hall–Kier alpha value is -0.730. The van der Waals surface area contributed by atoms with Crippen molar-refractivity contribution in [2.24, 2.45) is 0 Å². The van der Waals surface area contributed by atoms with E-state index in [-0.39, 0.29) is 0 Å². The topological polar surface area (TPSA) is 108 Å². The standard InChI is InChI=1S/C9H17NO6/c1-4(12)10-6-7(13)5(3-11)16-9(15-2)8(6)14/h5-9,11,13-14H,3H2,1-2H3,(H,10,12). The summed E-state index contributed by atoms with van der Waals surface area (Å²) < 4.78 is 9.95. The van der Waals surface area contributed by atoms with Crippen LogP contribution in [0.2, 0.25) is 0 Å². The third-order valence-corrected chi connectivity index (χ3v) is 2.49. The van der Waals surface area contributed by atoms with E-state index in [1.165, 1.54) is 14.0 Å². The number of methoxy groups -OCH3 is 1. The highest BCUT2D eigenvalue weighted by Crippen LogP contribution is 2.21. The van der Waals surface area contributed by atoms with E-state index < -0.39 is 43.2 Å². The van der Waals surface area contributed by atoms with E-state index in [0.29, 0.717) is 0 Å². The summed E-state index contributed by atoms with van der Waals surface area (Å²) in [5.74, 6) is -0.392. The first-order valence-corrected chi connectivity index (χ1v) is 4.93. The maximum atomic E-state index is 10.9. The van der Waals surface area contributed by atoms with Crippen LogP contribution in [0.4, 0.5) is 0 Å². The minimum Gasteiger partial charge on any atom is -0.394 e. The van der Waals surface area contributed by atoms with E-state index in [1.54, 1.807) is 0 Å². The van der Waals surface area contributed by atoms with E-state index in [0.717, 1.165) is 0 Å². The molecule has 1 aliphatic rings. The Morgan fingerprint density at radius 2 is 2.06 bits per heavy atom. The van der Waals surface area contributed by atoms with Crippen molar-refractivity contribution in [2.75, 3.05) is 13.7 Å². The van der Waals surface area contributed by atoms with Crippen LogP contribution < -0.4 is 5.32 Å². The van der Waals surface area contributed by atoms with Crippen LogP contribution in [0, 0.1) is 0 Å². The largest absolute Gasteiger partial charge is 0.394 e. The molecule has 0 saturated carbocycles. The van der Waals surface area contributed by atoms with Crippen molar-refractivity contribution in [3.05, 3.63) is 0 Å². The van der Waals surface area contributed by atoms with Gasteiger partial charge in [0.25, 0.3) is 0 Å². The quantitative estimate of drug-likeness (QED) is 0.433. The van der Waals surface area contributed by atoms with Gasteiger partial charge in [0.1, 0.15) is 18.3 Å². The molecule has 0 aromatic rings. The van der Waals surface area contributed by atoms with Gasteiger partial charge in [0, 0.05) is 14.0 Å². The number of ether oxygens (including phenoxy) is 2. The number of carbonyl (C=O) groups is 1. The molecule has 1 rings (SSSR count). The molecule has 1 fully saturated rings. The van der Waals surface area contributed by atoms with E-state index >= 15 is 0 Å². The number of carbonyl (C=O) groups excluding carboxylic acids is 1. The lowest BCUT2D eigenvalue weighted by molar-refractivity contribution is -0.271. The van der Waals surface area contributed by atoms with E-state index in [4.69, 9.17) is 14.6 Å². The number of hydrogen-bond donors (Lipinski definition) is 4. The molecule has 0 bridgehead atoms. The van der Waals surface area contributed by atoms with Gasteiger partial charge in [-0.2, -0.15) is 0 Å². The Balaban J connectivity index is 2.79. The Kier molecular flexibility index (Phi) is 4.63. The molecule has 4 N–H and O–H groups in total. The predicted molar refractivity (Wildman–Crippen MR) is 52.4 cm³/mol. The zero-order valence-corrected chi connectivity index (χ0v) is 9.16. The molecule has 1 saturated heterocycles. The van der Waals surface area contributed by atoms with Crippen LogP contribution in [0.25, 0.3) is 0 Å². The second kappa shape index (κ2) is 5.55. The molecule has 1 aliphatic heterocycles. The zero-order valence-electron chi connectivity index (χ0n) is 9.16. The molecule has 1 heterocycles. The molecule has 16 heavy (non-hydrogen) atoms. The van der Waals surface area contributed by atoms with Gasteiger partial charge in [-0.25, -0.2) is 0 Å². The second-order valence-corrected chi connectivity index (χ2v) is 3.67. The minimum absolute atomic E-state index is 0.392. The van der Waals surface area contributed by atoms with Gasteiger partial charge in [-0.3, -0.25) is 4.79 Å². The summed E-state index contributed by atoms with van der Waals surface area (Å²) in [4.78, 5) is 10.9. The highest BCUT2D eigenvalue weighted by molar-refractivity contribution is 5.73. The van der Waals surface area contributed by atoms with Gasteiger partial charge < -0.3 is 30.1 Å². The van der Waals surface area contributed by atoms with Gasteiger partial charge in [0.2, 0.25) is 5.91 Å². The number of aliphatic hydroxyl groups is 3. The normalized spacial score (nSPS) is 39.4. The maximum Gasteiger partial charge on any atom is 0.217 e. The Bertz CT molecular complexity index is 232. The second-order valence-electron chi connectivity index (χ2n) is 3.67. The summed E-state index contributed by atoms with van der Waals surface area (Å²) in [5, 5.41) is 30.9. The fourth-order valence-electron chi connectivity index (χ4n) is 1.69. The van der Waals surface area contributed by atoms with Gasteiger partial charge in [0.15, 0.2) is 6.29 Å². The molecule has 1 amide bonds. The van der Waals surface area contributed by atoms with Crippen LogP contribution in [-0.2, 0) is 14.3 Å². The van der Waals surface area contributed by atoms with E-state index in [2.05, 4.69) is 5.32 Å². The Morgan fingerprint density at radius 1 is 1.44 bits per heavy atom. The highest BCUT2D eigenvalue weighted by Gasteiger charge is 2.44. The average molecular weight is 235 g/mol. The zero-order chi connectivity index (χ0) is 12.3. The maximum absolute atomic E-state index is 10.9. The van der Waals surface area contributed by atoms with Crippen LogP contribution in [0.5, 0.6) is 0 Å². The number of aliphatic hydroxyl groups excluding tert-OH is 3. The summed E-state index contributed by atoms with van der Waals surface area (Å²) in [6.45, 7) is 0.842. The van der Waals surface area contributed by atoms with Crippen molar-refractivity contribution in [1.29, 1.82) is 0 Å². The van der Waals surface area contributed by atoms with Crippen molar-refractivity contribution < 1.29 is 29.6 Å². The van der Waals surface area contributed by atoms with Crippen LogP contribution in [0.3, 0.4) is 0 Å². The van der Waals surface area contributed by atoms with Crippen molar-refractivity contribution in [3.8, 4) is 0 Å². The Labute approximate surface area is 93.0 Å². The summed E-state index contributed by atoms with van der Waals surface area (Å²) in [5.41, 5.74) is 0.